The number of benzene rings is 2. The summed E-state index contributed by atoms with van der Waals surface area (Å²) >= 11 is 6.11. The SMILES string of the molecule is COc1cc([N+](=O)[O-])cc(/C=N\Nc2cnn(-c3ccccc3)c(=O)c2Cl)c1O. The first kappa shape index (κ1) is 19.8. The van der Waals surface area contributed by atoms with E-state index in [9.17, 15) is 20.0 Å². The minimum absolute atomic E-state index is 0.0326. The van der Waals surface area contributed by atoms with Gasteiger partial charge in [-0.1, -0.05) is 29.8 Å². The molecule has 0 saturated heterocycles. The summed E-state index contributed by atoms with van der Waals surface area (Å²) in [5.41, 5.74) is 2.39. The van der Waals surface area contributed by atoms with Crippen molar-refractivity contribution < 1.29 is 14.8 Å². The lowest BCUT2D eigenvalue weighted by Gasteiger charge is -2.08. The quantitative estimate of drug-likeness (QED) is 0.359. The maximum atomic E-state index is 12.4. The predicted octanol–water partition coefficient (Wildman–Crippen LogP) is 2.95. The molecule has 0 saturated carbocycles. The number of halogens is 1. The van der Waals surface area contributed by atoms with Crippen molar-refractivity contribution in [2.45, 2.75) is 0 Å². The minimum Gasteiger partial charge on any atom is -0.504 e. The maximum absolute atomic E-state index is 12.4. The third-order valence-corrected chi connectivity index (χ3v) is 4.19. The number of phenolic OH excluding ortho intramolecular Hbond substituents is 1. The average Bonchev–Trinajstić information content (AvgIpc) is 2.72. The van der Waals surface area contributed by atoms with Gasteiger partial charge in [0.1, 0.15) is 10.7 Å². The van der Waals surface area contributed by atoms with E-state index in [0.29, 0.717) is 5.69 Å². The molecule has 0 amide bonds. The van der Waals surface area contributed by atoms with Gasteiger partial charge in [-0.3, -0.25) is 20.3 Å². The van der Waals surface area contributed by atoms with E-state index >= 15 is 0 Å². The van der Waals surface area contributed by atoms with E-state index in [4.69, 9.17) is 16.3 Å². The number of nitro groups is 1. The summed E-state index contributed by atoms with van der Waals surface area (Å²) < 4.78 is 6.05. The first-order valence-corrected chi connectivity index (χ1v) is 8.48. The van der Waals surface area contributed by atoms with Gasteiger partial charge in [0.05, 0.1) is 36.2 Å². The van der Waals surface area contributed by atoms with Crippen molar-refractivity contribution >= 4 is 29.2 Å². The molecular weight excluding hydrogens is 402 g/mol. The molecule has 148 valence electrons. The Morgan fingerprint density at radius 2 is 2.07 bits per heavy atom. The number of rotatable bonds is 6. The number of hydrazone groups is 1. The van der Waals surface area contributed by atoms with Gasteiger partial charge < -0.3 is 9.84 Å². The van der Waals surface area contributed by atoms with Crippen LogP contribution in [-0.2, 0) is 0 Å². The molecule has 0 aliphatic rings. The van der Waals surface area contributed by atoms with Gasteiger partial charge in [-0.25, -0.2) is 0 Å². The standard InChI is InChI=1S/C18H14ClN5O5/c1-29-15-8-13(24(27)28)7-11(17(15)25)9-20-22-14-10-21-23(18(26)16(14)19)12-5-3-2-4-6-12/h2-10,22,25H,1H3/b20-9-. The molecule has 10 nitrogen and oxygen atoms in total. The summed E-state index contributed by atoms with van der Waals surface area (Å²) in [5, 5.41) is 28.9. The Bertz CT molecular complexity index is 1150. The van der Waals surface area contributed by atoms with Crippen LogP contribution in [0.1, 0.15) is 5.56 Å². The summed E-state index contributed by atoms with van der Waals surface area (Å²) in [6.07, 6.45) is 2.44. The molecule has 11 heteroatoms. The Morgan fingerprint density at radius 1 is 1.34 bits per heavy atom. The number of anilines is 1. The molecule has 2 N–H and O–H groups in total. The van der Waals surface area contributed by atoms with Crippen LogP contribution in [0.25, 0.3) is 5.69 Å². The number of nitrogens with one attached hydrogen (secondary N) is 1. The smallest absolute Gasteiger partial charge is 0.292 e. The van der Waals surface area contributed by atoms with Crippen molar-refractivity contribution in [2.24, 2.45) is 5.10 Å². The molecular formula is C18H14ClN5O5. The van der Waals surface area contributed by atoms with Gasteiger partial charge in [-0.05, 0) is 12.1 Å². The number of non-ortho nitro benzene ring substituents is 1. The van der Waals surface area contributed by atoms with Crippen LogP contribution in [0.3, 0.4) is 0 Å². The van der Waals surface area contributed by atoms with Crippen LogP contribution in [-0.4, -0.2) is 33.1 Å². The van der Waals surface area contributed by atoms with Gasteiger partial charge in [0, 0.05) is 11.6 Å². The molecule has 29 heavy (non-hydrogen) atoms. The molecule has 0 radical (unpaired) electrons. The number of hydrogen-bond donors (Lipinski definition) is 2. The zero-order valence-electron chi connectivity index (χ0n) is 14.9. The van der Waals surface area contributed by atoms with Crippen molar-refractivity contribution in [1.29, 1.82) is 0 Å². The third kappa shape index (κ3) is 4.17. The van der Waals surface area contributed by atoms with Crippen molar-refractivity contribution in [3.05, 3.63) is 79.7 Å². The Labute approximate surface area is 168 Å². The van der Waals surface area contributed by atoms with Crippen LogP contribution >= 0.6 is 11.6 Å². The van der Waals surface area contributed by atoms with Crippen molar-refractivity contribution in [1.82, 2.24) is 9.78 Å². The fourth-order valence-electron chi connectivity index (χ4n) is 2.41. The largest absolute Gasteiger partial charge is 0.504 e. The van der Waals surface area contributed by atoms with Gasteiger partial charge in [-0.15, -0.1) is 0 Å². The molecule has 1 aromatic heterocycles. The fourth-order valence-corrected chi connectivity index (χ4v) is 2.58. The van der Waals surface area contributed by atoms with Crippen LogP contribution in [0.15, 0.2) is 58.6 Å². The summed E-state index contributed by atoms with van der Waals surface area (Å²) in [6.45, 7) is 0. The Balaban J connectivity index is 1.88. The number of para-hydroxylation sites is 1. The Morgan fingerprint density at radius 3 is 2.72 bits per heavy atom. The van der Waals surface area contributed by atoms with Crippen LogP contribution in [0, 0.1) is 10.1 Å². The zero-order valence-corrected chi connectivity index (χ0v) is 15.7. The van der Waals surface area contributed by atoms with E-state index in [1.54, 1.807) is 30.3 Å². The summed E-state index contributed by atoms with van der Waals surface area (Å²) in [7, 11) is 1.27. The van der Waals surface area contributed by atoms with Crippen molar-refractivity contribution in [2.75, 3.05) is 12.5 Å². The molecule has 3 rings (SSSR count). The van der Waals surface area contributed by atoms with E-state index in [0.717, 1.165) is 23.0 Å². The summed E-state index contributed by atoms with van der Waals surface area (Å²) in [6, 6.07) is 10.9. The normalized spacial score (nSPS) is 10.8. The highest BCUT2D eigenvalue weighted by Crippen LogP contribution is 2.33. The molecule has 0 fully saturated rings. The lowest BCUT2D eigenvalue weighted by atomic mass is 10.2. The molecule has 2 aromatic carbocycles. The topological polar surface area (TPSA) is 132 Å². The molecule has 1 heterocycles. The van der Waals surface area contributed by atoms with E-state index in [1.807, 2.05) is 0 Å². The summed E-state index contributed by atoms with van der Waals surface area (Å²) in [4.78, 5) is 22.8. The molecule has 3 aromatic rings. The first-order valence-electron chi connectivity index (χ1n) is 8.10. The van der Waals surface area contributed by atoms with Gasteiger partial charge >= 0.3 is 0 Å². The molecule has 0 unspecified atom stereocenters. The van der Waals surface area contributed by atoms with Crippen LogP contribution in [0.2, 0.25) is 5.02 Å². The predicted molar refractivity (Wildman–Crippen MR) is 107 cm³/mol. The Hall–Kier alpha value is -3.92. The average molecular weight is 416 g/mol. The number of methoxy groups -OCH3 is 1. The first-order chi connectivity index (χ1) is 13.9. The van der Waals surface area contributed by atoms with Crippen molar-refractivity contribution in [3.8, 4) is 17.2 Å². The monoisotopic (exact) mass is 415 g/mol. The number of nitrogens with zero attached hydrogens (tertiary/aromatic N) is 4. The molecule has 0 bridgehead atoms. The highest BCUT2D eigenvalue weighted by molar-refractivity contribution is 6.32. The second-order valence-electron chi connectivity index (χ2n) is 5.64. The van der Waals surface area contributed by atoms with Crippen LogP contribution in [0.4, 0.5) is 11.4 Å². The number of ether oxygens (including phenoxy) is 1. The van der Waals surface area contributed by atoms with Gasteiger partial charge in [0.25, 0.3) is 11.2 Å². The molecule has 0 atom stereocenters. The van der Waals surface area contributed by atoms with Gasteiger partial charge in [-0.2, -0.15) is 14.9 Å². The summed E-state index contributed by atoms with van der Waals surface area (Å²) in [5.74, 6) is -0.404. The highest BCUT2D eigenvalue weighted by Gasteiger charge is 2.16. The number of hydrogen-bond acceptors (Lipinski definition) is 8. The lowest BCUT2D eigenvalue weighted by molar-refractivity contribution is -0.385. The third-order valence-electron chi connectivity index (χ3n) is 3.83. The van der Waals surface area contributed by atoms with E-state index in [-0.39, 0.29) is 33.5 Å². The van der Waals surface area contributed by atoms with Gasteiger partial charge in [0.15, 0.2) is 11.5 Å². The number of phenols is 1. The number of aromatic nitrogens is 2. The zero-order chi connectivity index (χ0) is 21.0. The Kier molecular flexibility index (Phi) is 5.74. The minimum atomic E-state index is -0.628. The van der Waals surface area contributed by atoms with Crippen LogP contribution < -0.4 is 15.7 Å². The van der Waals surface area contributed by atoms with E-state index in [2.05, 4.69) is 15.6 Å². The lowest BCUT2D eigenvalue weighted by Crippen LogP contribution is -2.22. The van der Waals surface area contributed by atoms with Gasteiger partial charge in [0.2, 0.25) is 0 Å². The second-order valence-corrected chi connectivity index (χ2v) is 6.02. The van der Waals surface area contributed by atoms with Crippen LogP contribution in [0.5, 0.6) is 11.5 Å². The molecule has 0 aliphatic heterocycles. The van der Waals surface area contributed by atoms with Crippen molar-refractivity contribution in [3.63, 3.8) is 0 Å². The van der Waals surface area contributed by atoms with E-state index < -0.39 is 10.5 Å². The number of aromatic hydroxyl groups is 1. The molecule has 0 spiro atoms. The maximum Gasteiger partial charge on any atom is 0.292 e. The molecule has 0 aliphatic carbocycles. The van der Waals surface area contributed by atoms with E-state index in [1.165, 1.54) is 13.3 Å². The number of nitro benzene ring substituents is 1. The highest BCUT2D eigenvalue weighted by atomic mass is 35.5. The second kappa shape index (κ2) is 8.40. The fraction of sp³-hybridized carbons (Fsp3) is 0.0556.